The van der Waals surface area contributed by atoms with Gasteiger partial charge in [-0.3, -0.25) is 0 Å². The van der Waals surface area contributed by atoms with Crippen LogP contribution in [0.4, 0.5) is 5.69 Å². The number of carboxylic acids is 1. The van der Waals surface area contributed by atoms with Crippen molar-refractivity contribution < 1.29 is 15.0 Å². The molecule has 0 aliphatic carbocycles. The second-order valence-corrected chi connectivity index (χ2v) is 4.85. The van der Waals surface area contributed by atoms with E-state index in [0.717, 1.165) is 4.47 Å². The largest absolute Gasteiger partial charge is 0.479 e. The Morgan fingerprint density at radius 3 is 2.81 bits per heavy atom. The number of anilines is 1. The predicted molar refractivity (Wildman–Crippen MR) is 65.9 cm³/mol. The van der Waals surface area contributed by atoms with Crippen LogP contribution >= 0.6 is 27.5 Å². The van der Waals surface area contributed by atoms with Crippen molar-refractivity contribution in [2.45, 2.75) is 12.5 Å². The molecular weight excluding hydrogens is 297 g/mol. The van der Waals surface area contributed by atoms with Crippen molar-refractivity contribution >= 4 is 39.2 Å². The molecule has 4 nitrogen and oxygen atoms in total. The zero-order valence-electron chi connectivity index (χ0n) is 8.50. The Labute approximate surface area is 106 Å². The van der Waals surface area contributed by atoms with E-state index in [-0.39, 0.29) is 6.54 Å². The lowest BCUT2D eigenvalue weighted by Crippen LogP contribution is -2.41. The fourth-order valence-corrected chi connectivity index (χ4v) is 1.53. The average Bonchev–Trinajstić information content (AvgIpc) is 2.19. The van der Waals surface area contributed by atoms with Crippen LogP contribution in [0, 0.1) is 0 Å². The normalized spacial score (nSPS) is 14.2. The molecule has 0 aliphatic rings. The predicted octanol–water partition coefficient (Wildman–Crippen LogP) is 2.35. The van der Waals surface area contributed by atoms with Crippen LogP contribution < -0.4 is 5.32 Å². The number of rotatable bonds is 4. The van der Waals surface area contributed by atoms with Crippen LogP contribution in [-0.4, -0.2) is 28.3 Å². The van der Waals surface area contributed by atoms with Crippen molar-refractivity contribution in [3.05, 3.63) is 27.7 Å². The summed E-state index contributed by atoms with van der Waals surface area (Å²) in [5.74, 6) is -1.28. The third kappa shape index (κ3) is 3.37. The number of halogens is 2. The van der Waals surface area contributed by atoms with E-state index < -0.39 is 11.6 Å². The van der Waals surface area contributed by atoms with E-state index in [1.54, 1.807) is 18.2 Å². The second-order valence-electron chi connectivity index (χ2n) is 3.56. The first kappa shape index (κ1) is 13.3. The minimum atomic E-state index is -1.82. The molecule has 1 unspecified atom stereocenters. The fourth-order valence-electron chi connectivity index (χ4n) is 0.976. The number of benzene rings is 1. The smallest absolute Gasteiger partial charge is 0.337 e. The minimum absolute atomic E-state index is 0.110. The fraction of sp³-hybridized carbons (Fsp3) is 0.300. The van der Waals surface area contributed by atoms with Crippen molar-refractivity contribution in [1.82, 2.24) is 0 Å². The van der Waals surface area contributed by atoms with E-state index in [2.05, 4.69) is 21.2 Å². The Balaban J connectivity index is 2.75. The molecule has 0 fully saturated rings. The zero-order valence-corrected chi connectivity index (χ0v) is 10.8. The Hall–Kier alpha value is -0.780. The van der Waals surface area contributed by atoms with Gasteiger partial charge < -0.3 is 15.5 Å². The number of aliphatic hydroxyl groups is 1. The lowest BCUT2D eigenvalue weighted by molar-refractivity contribution is -0.155. The first-order valence-electron chi connectivity index (χ1n) is 4.47. The molecule has 16 heavy (non-hydrogen) atoms. The number of aliphatic carboxylic acids is 1. The molecule has 3 N–H and O–H groups in total. The zero-order chi connectivity index (χ0) is 12.3. The third-order valence-corrected chi connectivity index (χ3v) is 2.94. The molecule has 88 valence electrons. The SMILES string of the molecule is CC(O)(CNc1cc(Cl)ccc1Br)C(=O)O. The highest BCUT2D eigenvalue weighted by molar-refractivity contribution is 9.10. The summed E-state index contributed by atoms with van der Waals surface area (Å²) in [7, 11) is 0. The van der Waals surface area contributed by atoms with Crippen LogP contribution in [0.1, 0.15) is 6.92 Å². The Morgan fingerprint density at radius 1 is 1.62 bits per heavy atom. The van der Waals surface area contributed by atoms with E-state index in [4.69, 9.17) is 16.7 Å². The molecule has 1 rings (SSSR count). The molecule has 1 aromatic carbocycles. The summed E-state index contributed by atoms with van der Waals surface area (Å²) in [4.78, 5) is 10.7. The van der Waals surface area contributed by atoms with Gasteiger partial charge in [-0.15, -0.1) is 0 Å². The van der Waals surface area contributed by atoms with E-state index in [0.29, 0.717) is 10.7 Å². The Kier molecular flexibility index (Phi) is 4.18. The summed E-state index contributed by atoms with van der Waals surface area (Å²) < 4.78 is 0.748. The van der Waals surface area contributed by atoms with Crippen molar-refractivity contribution in [3.8, 4) is 0 Å². The molecule has 6 heteroatoms. The van der Waals surface area contributed by atoms with Crippen LogP contribution in [0.5, 0.6) is 0 Å². The van der Waals surface area contributed by atoms with Gasteiger partial charge in [0.1, 0.15) is 0 Å². The van der Waals surface area contributed by atoms with Crippen molar-refractivity contribution in [1.29, 1.82) is 0 Å². The van der Waals surface area contributed by atoms with Crippen molar-refractivity contribution in [3.63, 3.8) is 0 Å². The maximum Gasteiger partial charge on any atom is 0.337 e. The molecule has 0 aromatic heterocycles. The van der Waals surface area contributed by atoms with Gasteiger partial charge in [0, 0.05) is 9.50 Å². The summed E-state index contributed by atoms with van der Waals surface area (Å²) in [5, 5.41) is 21.6. The van der Waals surface area contributed by atoms with Crippen LogP contribution in [0.15, 0.2) is 22.7 Å². The molecular formula is C10H11BrClNO3. The second kappa shape index (κ2) is 5.03. The van der Waals surface area contributed by atoms with E-state index in [9.17, 15) is 9.90 Å². The van der Waals surface area contributed by atoms with E-state index in [1.807, 2.05) is 0 Å². The molecule has 0 bridgehead atoms. The van der Waals surface area contributed by atoms with Gasteiger partial charge in [0.15, 0.2) is 5.60 Å². The highest BCUT2D eigenvalue weighted by Crippen LogP contribution is 2.26. The first-order valence-corrected chi connectivity index (χ1v) is 5.65. The standard InChI is InChI=1S/C10H11BrClNO3/c1-10(16,9(14)15)5-13-8-4-6(12)2-3-7(8)11/h2-4,13,16H,5H2,1H3,(H,14,15). The topological polar surface area (TPSA) is 69.6 Å². The minimum Gasteiger partial charge on any atom is -0.479 e. The van der Waals surface area contributed by atoms with Crippen LogP contribution in [-0.2, 0) is 4.79 Å². The van der Waals surface area contributed by atoms with Gasteiger partial charge in [-0.05, 0) is 41.1 Å². The molecule has 0 saturated carbocycles. The summed E-state index contributed by atoms with van der Waals surface area (Å²) >= 11 is 9.07. The number of nitrogens with one attached hydrogen (secondary N) is 1. The Bertz CT molecular complexity index is 409. The summed E-state index contributed by atoms with van der Waals surface area (Å²) in [6, 6.07) is 5.08. The van der Waals surface area contributed by atoms with Crippen LogP contribution in [0.3, 0.4) is 0 Å². The van der Waals surface area contributed by atoms with Gasteiger partial charge >= 0.3 is 5.97 Å². The number of carboxylic acid groups (broad SMARTS) is 1. The summed E-state index contributed by atoms with van der Waals surface area (Å²) in [6.45, 7) is 1.11. The lowest BCUT2D eigenvalue weighted by atomic mass is 10.1. The average molecular weight is 309 g/mol. The van der Waals surface area contributed by atoms with Crippen LogP contribution in [0.2, 0.25) is 5.02 Å². The molecule has 0 aliphatic heterocycles. The highest BCUT2D eigenvalue weighted by Gasteiger charge is 2.29. The lowest BCUT2D eigenvalue weighted by Gasteiger charge is -2.19. The molecule has 0 radical (unpaired) electrons. The number of hydrogen-bond acceptors (Lipinski definition) is 3. The molecule has 0 saturated heterocycles. The highest BCUT2D eigenvalue weighted by atomic mass is 79.9. The maximum absolute atomic E-state index is 10.7. The van der Waals surface area contributed by atoms with Gasteiger partial charge in [0.2, 0.25) is 0 Å². The number of hydrogen-bond donors (Lipinski definition) is 3. The monoisotopic (exact) mass is 307 g/mol. The quantitative estimate of drug-likeness (QED) is 0.798. The summed E-state index contributed by atoms with van der Waals surface area (Å²) in [5.41, 5.74) is -1.18. The summed E-state index contributed by atoms with van der Waals surface area (Å²) in [6.07, 6.45) is 0. The first-order chi connectivity index (χ1) is 7.33. The van der Waals surface area contributed by atoms with Gasteiger partial charge in [-0.1, -0.05) is 11.6 Å². The molecule has 0 heterocycles. The molecule has 0 amide bonds. The van der Waals surface area contributed by atoms with E-state index >= 15 is 0 Å². The van der Waals surface area contributed by atoms with Crippen molar-refractivity contribution in [2.75, 3.05) is 11.9 Å². The Morgan fingerprint density at radius 2 is 2.25 bits per heavy atom. The van der Waals surface area contributed by atoms with Gasteiger partial charge in [0.25, 0.3) is 0 Å². The molecule has 1 aromatic rings. The molecule has 1 atom stereocenters. The van der Waals surface area contributed by atoms with Gasteiger partial charge in [0.05, 0.1) is 12.2 Å². The van der Waals surface area contributed by atoms with Gasteiger partial charge in [-0.25, -0.2) is 4.79 Å². The van der Waals surface area contributed by atoms with E-state index in [1.165, 1.54) is 6.92 Å². The van der Waals surface area contributed by atoms with Crippen LogP contribution in [0.25, 0.3) is 0 Å². The number of carbonyl (C=O) groups is 1. The van der Waals surface area contributed by atoms with Gasteiger partial charge in [-0.2, -0.15) is 0 Å². The molecule has 0 spiro atoms. The third-order valence-electron chi connectivity index (χ3n) is 2.01. The maximum atomic E-state index is 10.7. The van der Waals surface area contributed by atoms with Crippen molar-refractivity contribution in [2.24, 2.45) is 0 Å².